The van der Waals surface area contributed by atoms with Gasteiger partial charge < -0.3 is 10.1 Å². The Labute approximate surface area is 165 Å². The van der Waals surface area contributed by atoms with Crippen LogP contribution in [0.2, 0.25) is 0 Å². The van der Waals surface area contributed by atoms with Gasteiger partial charge in [-0.25, -0.2) is 4.98 Å². The molecule has 0 saturated heterocycles. The van der Waals surface area contributed by atoms with Crippen LogP contribution in [-0.4, -0.2) is 16.5 Å². The fourth-order valence-corrected chi connectivity index (χ4v) is 3.24. The predicted octanol–water partition coefficient (Wildman–Crippen LogP) is 5.09. The average Bonchev–Trinajstić information content (AvgIpc) is 3.20. The Morgan fingerprint density at radius 1 is 1.32 bits per heavy atom. The first-order valence-electron chi connectivity index (χ1n) is 8.41. The van der Waals surface area contributed by atoms with Gasteiger partial charge in [-0.05, 0) is 31.2 Å². The monoisotopic (exact) mass is 392 g/mol. The Kier molecular flexibility index (Phi) is 5.99. The average molecular weight is 392 g/mol. The lowest BCUT2D eigenvalue weighted by Crippen LogP contribution is -1.97. The molecule has 0 saturated carbocycles. The van der Waals surface area contributed by atoms with Crippen LogP contribution in [0.4, 0.5) is 11.4 Å². The Bertz CT molecular complexity index is 1050. The maximum absolute atomic E-state index is 10.8. The minimum absolute atomic E-state index is 0.0222. The fourth-order valence-electron chi connectivity index (χ4n) is 2.44. The molecule has 0 bridgehead atoms. The van der Waals surface area contributed by atoms with Gasteiger partial charge in [-0.2, -0.15) is 5.26 Å². The van der Waals surface area contributed by atoms with Crippen LogP contribution in [0.15, 0.2) is 60.1 Å². The fraction of sp³-hybridized carbons (Fsp3) is 0.100. The molecule has 1 aromatic heterocycles. The van der Waals surface area contributed by atoms with E-state index in [-0.39, 0.29) is 5.69 Å². The number of hydrogen-bond acceptors (Lipinski definition) is 7. The van der Waals surface area contributed by atoms with Crippen LogP contribution >= 0.6 is 11.3 Å². The van der Waals surface area contributed by atoms with Crippen molar-refractivity contribution in [1.82, 2.24) is 4.98 Å². The van der Waals surface area contributed by atoms with Crippen molar-refractivity contribution in [3.05, 3.63) is 75.2 Å². The van der Waals surface area contributed by atoms with Gasteiger partial charge in [0, 0.05) is 29.3 Å². The summed E-state index contributed by atoms with van der Waals surface area (Å²) in [7, 11) is 0. The van der Waals surface area contributed by atoms with Gasteiger partial charge in [0.2, 0.25) is 0 Å². The lowest BCUT2D eigenvalue weighted by Gasteiger charge is -2.09. The van der Waals surface area contributed by atoms with Crippen molar-refractivity contribution in [3.8, 4) is 23.1 Å². The van der Waals surface area contributed by atoms with Crippen LogP contribution in [-0.2, 0) is 0 Å². The molecule has 3 rings (SSSR count). The van der Waals surface area contributed by atoms with E-state index < -0.39 is 4.92 Å². The minimum Gasteiger partial charge on any atom is -0.492 e. The summed E-state index contributed by atoms with van der Waals surface area (Å²) in [5, 5.41) is 25.7. The van der Waals surface area contributed by atoms with E-state index in [2.05, 4.69) is 16.4 Å². The molecule has 1 heterocycles. The summed E-state index contributed by atoms with van der Waals surface area (Å²) in [4.78, 5) is 14.8. The summed E-state index contributed by atoms with van der Waals surface area (Å²) < 4.78 is 5.56. The molecular weight excluding hydrogens is 376 g/mol. The first kappa shape index (κ1) is 19.1. The molecule has 0 aliphatic rings. The van der Waals surface area contributed by atoms with E-state index in [1.165, 1.54) is 23.5 Å². The number of nitro groups is 1. The number of hydrogen-bond donors (Lipinski definition) is 1. The number of nitrogens with one attached hydrogen (secondary N) is 1. The zero-order valence-electron chi connectivity index (χ0n) is 15.0. The first-order valence-corrected chi connectivity index (χ1v) is 9.29. The van der Waals surface area contributed by atoms with Crippen molar-refractivity contribution < 1.29 is 9.66 Å². The number of ether oxygens (including phenoxy) is 1. The van der Waals surface area contributed by atoms with Crippen LogP contribution in [0, 0.1) is 21.4 Å². The zero-order chi connectivity index (χ0) is 19.9. The van der Waals surface area contributed by atoms with E-state index in [9.17, 15) is 15.4 Å². The van der Waals surface area contributed by atoms with Crippen molar-refractivity contribution in [3.63, 3.8) is 0 Å². The Morgan fingerprint density at radius 2 is 2.07 bits per heavy atom. The van der Waals surface area contributed by atoms with Gasteiger partial charge in [-0.15, -0.1) is 11.3 Å². The maximum atomic E-state index is 10.8. The summed E-state index contributed by atoms with van der Waals surface area (Å²) in [6, 6.07) is 15.8. The summed E-state index contributed by atoms with van der Waals surface area (Å²) in [5.74, 6) is 0.698. The molecule has 0 radical (unpaired) electrons. The molecule has 0 aliphatic carbocycles. The molecule has 28 heavy (non-hydrogen) atoms. The molecule has 2 aromatic carbocycles. The van der Waals surface area contributed by atoms with Crippen molar-refractivity contribution in [2.24, 2.45) is 0 Å². The molecule has 0 atom stereocenters. The number of nitro benzene ring substituents is 1. The number of non-ortho nitro benzene ring substituents is 1. The van der Waals surface area contributed by atoms with E-state index in [0.717, 1.165) is 11.3 Å². The van der Waals surface area contributed by atoms with E-state index in [0.29, 0.717) is 28.6 Å². The Balaban J connectivity index is 1.81. The molecule has 7 nitrogen and oxygen atoms in total. The molecule has 8 heteroatoms. The second-order valence-electron chi connectivity index (χ2n) is 5.59. The topological polar surface area (TPSA) is 101 Å². The highest BCUT2D eigenvalue weighted by atomic mass is 32.1. The summed E-state index contributed by atoms with van der Waals surface area (Å²) in [6.07, 6.45) is 1.59. The number of allylic oxidation sites excluding steroid dienone is 1. The molecule has 0 amide bonds. The third kappa shape index (κ3) is 4.34. The number of thiazole rings is 1. The lowest BCUT2D eigenvalue weighted by atomic mass is 10.1. The zero-order valence-corrected chi connectivity index (χ0v) is 15.8. The highest BCUT2D eigenvalue weighted by Gasteiger charge is 2.11. The SMILES string of the molecule is CCOc1ccccc1N/C=C(/C#N)c1nc(-c2ccc([N+](=O)[O-])cc2)cs1. The number of aromatic nitrogens is 1. The standard InChI is InChI=1S/C20H16N4O3S/c1-2-27-19-6-4-3-5-17(19)22-12-15(11-21)20-23-18(13-28-20)14-7-9-16(10-8-14)24(25)26/h3-10,12-13,22H,2H2,1H3/b15-12-. The van der Waals surface area contributed by atoms with Crippen LogP contribution in [0.25, 0.3) is 16.8 Å². The van der Waals surface area contributed by atoms with Gasteiger partial charge in [0.05, 0.1) is 22.9 Å². The van der Waals surface area contributed by atoms with Crippen LogP contribution in [0.5, 0.6) is 5.75 Å². The molecular formula is C20H16N4O3S. The molecule has 140 valence electrons. The number of benzene rings is 2. The highest BCUT2D eigenvalue weighted by Crippen LogP contribution is 2.28. The van der Waals surface area contributed by atoms with Gasteiger partial charge in [-0.3, -0.25) is 10.1 Å². The van der Waals surface area contributed by atoms with E-state index in [1.807, 2.05) is 36.6 Å². The molecule has 0 aliphatic heterocycles. The third-order valence-corrected chi connectivity index (χ3v) is 4.66. The highest BCUT2D eigenvalue weighted by molar-refractivity contribution is 7.11. The predicted molar refractivity (Wildman–Crippen MR) is 109 cm³/mol. The molecule has 0 fully saturated rings. The molecule has 0 unspecified atom stereocenters. The van der Waals surface area contributed by atoms with Crippen LogP contribution in [0.3, 0.4) is 0 Å². The van der Waals surface area contributed by atoms with E-state index >= 15 is 0 Å². The molecule has 1 N–H and O–H groups in total. The Morgan fingerprint density at radius 3 is 2.75 bits per heavy atom. The van der Waals surface area contributed by atoms with Crippen molar-refractivity contribution in [2.45, 2.75) is 6.92 Å². The van der Waals surface area contributed by atoms with Crippen LogP contribution < -0.4 is 10.1 Å². The number of anilines is 1. The summed E-state index contributed by atoms with van der Waals surface area (Å²) in [6.45, 7) is 2.45. The second-order valence-corrected chi connectivity index (χ2v) is 6.44. The van der Waals surface area contributed by atoms with Crippen molar-refractivity contribution in [1.29, 1.82) is 5.26 Å². The van der Waals surface area contributed by atoms with Gasteiger partial charge >= 0.3 is 0 Å². The first-order chi connectivity index (χ1) is 13.6. The summed E-state index contributed by atoms with van der Waals surface area (Å²) in [5.41, 5.74) is 2.56. The number of nitriles is 1. The van der Waals surface area contributed by atoms with E-state index in [4.69, 9.17) is 4.74 Å². The van der Waals surface area contributed by atoms with Crippen molar-refractivity contribution in [2.75, 3.05) is 11.9 Å². The smallest absolute Gasteiger partial charge is 0.269 e. The van der Waals surface area contributed by atoms with Gasteiger partial charge in [0.15, 0.2) is 0 Å². The van der Waals surface area contributed by atoms with Gasteiger partial charge in [0.25, 0.3) is 5.69 Å². The van der Waals surface area contributed by atoms with Crippen molar-refractivity contribution >= 4 is 28.3 Å². The lowest BCUT2D eigenvalue weighted by molar-refractivity contribution is -0.384. The van der Waals surface area contributed by atoms with Crippen LogP contribution in [0.1, 0.15) is 11.9 Å². The molecule has 3 aromatic rings. The van der Waals surface area contributed by atoms with E-state index in [1.54, 1.807) is 18.3 Å². The van der Waals surface area contributed by atoms with Gasteiger partial charge in [-0.1, -0.05) is 12.1 Å². The second kappa shape index (κ2) is 8.79. The van der Waals surface area contributed by atoms with Gasteiger partial charge in [0.1, 0.15) is 22.4 Å². The third-order valence-electron chi connectivity index (χ3n) is 3.79. The number of nitrogens with zero attached hydrogens (tertiary/aromatic N) is 3. The minimum atomic E-state index is -0.446. The normalized spacial score (nSPS) is 10.9. The molecule has 0 spiro atoms. The maximum Gasteiger partial charge on any atom is 0.269 e. The quantitative estimate of drug-likeness (QED) is 0.341. The largest absolute Gasteiger partial charge is 0.492 e. The summed E-state index contributed by atoms with van der Waals surface area (Å²) >= 11 is 1.33. The number of rotatable bonds is 7. The Hall–Kier alpha value is -3.70. The number of para-hydroxylation sites is 2.